The van der Waals surface area contributed by atoms with Gasteiger partial charge >= 0.3 is 0 Å². The molecule has 0 aromatic heterocycles. The highest BCUT2D eigenvalue weighted by atomic mass is 16.5. The quantitative estimate of drug-likeness (QED) is 0.505. The maximum atomic E-state index is 13.4. The van der Waals surface area contributed by atoms with Gasteiger partial charge in [0.1, 0.15) is 12.0 Å². The second-order valence-corrected chi connectivity index (χ2v) is 8.53. The second-order valence-electron chi connectivity index (χ2n) is 8.53. The van der Waals surface area contributed by atoms with Crippen LogP contribution >= 0.6 is 0 Å². The van der Waals surface area contributed by atoms with Gasteiger partial charge < -0.3 is 28.7 Å². The van der Waals surface area contributed by atoms with Crippen molar-refractivity contribution in [3.05, 3.63) is 53.1 Å². The van der Waals surface area contributed by atoms with Gasteiger partial charge in [0.05, 0.1) is 20.3 Å². The van der Waals surface area contributed by atoms with E-state index < -0.39 is 12.0 Å². The summed E-state index contributed by atoms with van der Waals surface area (Å²) in [4.78, 5) is 28.6. The Morgan fingerprint density at radius 1 is 0.943 bits per heavy atom. The Morgan fingerprint density at radius 3 is 2.23 bits per heavy atom. The molecule has 2 aromatic carbocycles. The first-order valence-electron chi connectivity index (χ1n) is 11.6. The molecule has 0 fully saturated rings. The summed E-state index contributed by atoms with van der Waals surface area (Å²) in [5.74, 6) is 1.39. The van der Waals surface area contributed by atoms with E-state index in [2.05, 4.69) is 0 Å². The van der Waals surface area contributed by atoms with Crippen molar-refractivity contribution in [3.8, 4) is 23.0 Å². The van der Waals surface area contributed by atoms with Crippen molar-refractivity contribution < 1.29 is 28.5 Å². The Morgan fingerprint density at radius 2 is 1.63 bits per heavy atom. The molecule has 2 amide bonds. The summed E-state index contributed by atoms with van der Waals surface area (Å²) < 4.78 is 23.5. The maximum Gasteiger partial charge on any atom is 0.246 e. The molecular weight excluding hydrogens is 448 g/mol. The average molecular weight is 483 g/mol. The van der Waals surface area contributed by atoms with E-state index in [4.69, 9.17) is 18.9 Å². The largest absolute Gasteiger partial charge is 0.493 e. The normalized spacial score (nSPS) is 16.4. The van der Waals surface area contributed by atoms with Gasteiger partial charge in [0.15, 0.2) is 23.0 Å². The number of ether oxygens (including phenoxy) is 4. The minimum absolute atomic E-state index is 0.101. The molecule has 0 saturated carbocycles. The summed E-state index contributed by atoms with van der Waals surface area (Å²) in [6.07, 6.45) is 2.62. The van der Waals surface area contributed by atoms with Gasteiger partial charge in [0.2, 0.25) is 11.8 Å². The van der Waals surface area contributed by atoms with Crippen LogP contribution in [-0.2, 0) is 9.59 Å². The van der Waals surface area contributed by atoms with Gasteiger partial charge in [-0.05, 0) is 55.3 Å². The lowest BCUT2D eigenvalue weighted by Gasteiger charge is -2.23. The summed E-state index contributed by atoms with van der Waals surface area (Å²) in [6.45, 7) is 4.68. The molecule has 0 spiro atoms. The summed E-state index contributed by atoms with van der Waals surface area (Å²) in [5, 5.41) is 0. The van der Waals surface area contributed by atoms with Crippen molar-refractivity contribution in [1.82, 2.24) is 9.80 Å². The Kier molecular flexibility index (Phi) is 8.27. The maximum absolute atomic E-state index is 13.4. The third kappa shape index (κ3) is 5.53. The topological polar surface area (TPSA) is 77.5 Å². The number of benzene rings is 2. The van der Waals surface area contributed by atoms with Crippen LogP contribution in [0, 0.1) is 0 Å². The summed E-state index contributed by atoms with van der Waals surface area (Å²) in [6, 6.07) is 9.25. The van der Waals surface area contributed by atoms with Crippen molar-refractivity contribution in [2.75, 3.05) is 48.5 Å². The van der Waals surface area contributed by atoms with Crippen LogP contribution in [0.25, 0.3) is 6.08 Å². The van der Waals surface area contributed by atoms with E-state index in [0.29, 0.717) is 41.8 Å². The monoisotopic (exact) mass is 482 g/mol. The molecule has 0 aliphatic carbocycles. The van der Waals surface area contributed by atoms with Crippen molar-refractivity contribution in [1.29, 1.82) is 0 Å². The number of hydrogen-bond acceptors (Lipinski definition) is 6. The van der Waals surface area contributed by atoms with Crippen molar-refractivity contribution in [2.45, 2.75) is 25.9 Å². The van der Waals surface area contributed by atoms with Crippen LogP contribution in [0.2, 0.25) is 0 Å². The summed E-state index contributed by atoms with van der Waals surface area (Å²) in [5.41, 5.74) is 2.24. The fourth-order valence-electron chi connectivity index (χ4n) is 3.98. The van der Waals surface area contributed by atoms with E-state index in [9.17, 15) is 9.59 Å². The van der Waals surface area contributed by atoms with Crippen molar-refractivity contribution in [2.24, 2.45) is 0 Å². The lowest BCUT2D eigenvalue weighted by molar-refractivity contribution is -0.131. The Labute approximate surface area is 207 Å². The fourth-order valence-corrected chi connectivity index (χ4v) is 3.98. The van der Waals surface area contributed by atoms with E-state index >= 15 is 0 Å². The molecule has 3 rings (SSSR count). The van der Waals surface area contributed by atoms with E-state index in [0.717, 1.165) is 11.1 Å². The summed E-state index contributed by atoms with van der Waals surface area (Å²) in [7, 11) is 8.41. The van der Waals surface area contributed by atoms with Crippen LogP contribution in [0.5, 0.6) is 23.0 Å². The van der Waals surface area contributed by atoms with Gasteiger partial charge in [-0.25, -0.2) is 0 Å². The number of methoxy groups -OCH3 is 1. The fraction of sp³-hybridized carbons (Fsp3) is 0.407. The highest BCUT2D eigenvalue weighted by Gasteiger charge is 2.43. The Hall–Kier alpha value is -3.68. The van der Waals surface area contributed by atoms with Crippen LogP contribution in [0.4, 0.5) is 0 Å². The molecule has 0 N–H and O–H groups in total. The van der Waals surface area contributed by atoms with Crippen molar-refractivity contribution in [3.63, 3.8) is 0 Å². The molecule has 35 heavy (non-hydrogen) atoms. The number of carbonyl (C=O) groups excluding carboxylic acids is 2. The third-order valence-corrected chi connectivity index (χ3v) is 5.67. The van der Waals surface area contributed by atoms with E-state index in [1.54, 1.807) is 46.3 Å². The molecule has 2 unspecified atom stereocenters. The standard InChI is InChI=1S/C27H34N2O6/c1-8-33-21-16-18(11-12-20(21)32-7)25-24(27(31)29(5)6)19-14-17(10-13-23(30)28(3)4)15-22(34-9-2)26(19)35-25/h10-16,24-25H,8-9H2,1-7H3/b13-10+. The highest BCUT2D eigenvalue weighted by molar-refractivity contribution is 5.92. The SMILES string of the molecule is CCOc1cc(C2Oc3c(OCC)cc(/C=C/C(=O)N(C)C)cc3C2C(=O)N(C)C)ccc1OC. The van der Waals surface area contributed by atoms with Gasteiger partial charge in [-0.1, -0.05) is 6.07 Å². The number of nitrogens with zero attached hydrogens (tertiary/aromatic N) is 2. The smallest absolute Gasteiger partial charge is 0.246 e. The van der Waals surface area contributed by atoms with Gasteiger partial charge in [-0.2, -0.15) is 0 Å². The molecule has 8 nitrogen and oxygen atoms in total. The zero-order chi connectivity index (χ0) is 25.7. The number of hydrogen-bond donors (Lipinski definition) is 0. The van der Waals surface area contributed by atoms with E-state index in [1.807, 2.05) is 44.2 Å². The molecule has 0 saturated heterocycles. The van der Waals surface area contributed by atoms with E-state index in [1.165, 1.54) is 11.0 Å². The van der Waals surface area contributed by atoms with Crippen molar-refractivity contribution >= 4 is 17.9 Å². The van der Waals surface area contributed by atoms with Crippen LogP contribution in [0.1, 0.15) is 42.6 Å². The first-order valence-corrected chi connectivity index (χ1v) is 11.6. The Bertz CT molecular complexity index is 1110. The van der Waals surface area contributed by atoms with E-state index in [-0.39, 0.29) is 11.8 Å². The molecule has 8 heteroatoms. The van der Waals surface area contributed by atoms with Crippen LogP contribution in [-0.4, -0.2) is 70.1 Å². The molecule has 2 aromatic rings. The molecule has 0 radical (unpaired) electrons. The predicted molar refractivity (Wildman–Crippen MR) is 134 cm³/mol. The predicted octanol–water partition coefficient (Wildman–Crippen LogP) is 3.90. The first-order chi connectivity index (χ1) is 16.7. The molecular formula is C27H34N2O6. The van der Waals surface area contributed by atoms with Gasteiger partial charge in [0.25, 0.3) is 0 Å². The molecule has 1 aliphatic heterocycles. The highest BCUT2D eigenvalue weighted by Crippen LogP contribution is 2.52. The zero-order valence-electron chi connectivity index (χ0n) is 21.5. The van der Waals surface area contributed by atoms with Gasteiger partial charge in [-0.3, -0.25) is 9.59 Å². The number of likely N-dealkylation sites (N-methyl/N-ethyl adjacent to an activating group) is 2. The summed E-state index contributed by atoms with van der Waals surface area (Å²) >= 11 is 0. The lowest BCUT2D eigenvalue weighted by atomic mass is 9.88. The molecule has 2 atom stereocenters. The number of fused-ring (bicyclic) bond motifs is 1. The molecule has 188 valence electrons. The third-order valence-electron chi connectivity index (χ3n) is 5.67. The number of rotatable bonds is 9. The minimum Gasteiger partial charge on any atom is -0.493 e. The second kappa shape index (κ2) is 11.2. The van der Waals surface area contributed by atoms with Gasteiger partial charge in [-0.15, -0.1) is 0 Å². The lowest BCUT2D eigenvalue weighted by Crippen LogP contribution is -2.30. The molecule has 1 heterocycles. The minimum atomic E-state index is -0.611. The number of amides is 2. The molecule has 0 bridgehead atoms. The van der Waals surface area contributed by atoms with Crippen LogP contribution in [0.3, 0.4) is 0 Å². The van der Waals surface area contributed by atoms with Crippen LogP contribution < -0.4 is 18.9 Å². The molecule has 1 aliphatic rings. The van der Waals surface area contributed by atoms with Crippen LogP contribution in [0.15, 0.2) is 36.4 Å². The zero-order valence-corrected chi connectivity index (χ0v) is 21.5. The first kappa shape index (κ1) is 25.9. The average Bonchev–Trinajstić information content (AvgIpc) is 3.21. The van der Waals surface area contributed by atoms with Gasteiger partial charge in [0, 0.05) is 39.8 Å². The Balaban J connectivity index is 2.14. The number of carbonyl (C=O) groups is 2.